The van der Waals surface area contributed by atoms with E-state index in [0.29, 0.717) is 24.9 Å². The first kappa shape index (κ1) is 10.5. The molecular weight excluding hydrogens is 166 g/mol. The number of esters is 1. The molecule has 0 saturated carbocycles. The highest BCUT2D eigenvalue weighted by molar-refractivity contribution is 5.69. The minimum atomic E-state index is -0.0527. The van der Waals surface area contributed by atoms with Gasteiger partial charge in [0.2, 0.25) is 0 Å². The number of hydrogen-bond donors (Lipinski definition) is 1. The Morgan fingerprint density at radius 3 is 3.00 bits per heavy atom. The summed E-state index contributed by atoms with van der Waals surface area (Å²) in [5, 5.41) is 3.30. The van der Waals surface area contributed by atoms with Gasteiger partial charge in [-0.3, -0.25) is 4.79 Å². The lowest BCUT2D eigenvalue weighted by atomic mass is 9.86. The quantitative estimate of drug-likeness (QED) is 0.671. The lowest BCUT2D eigenvalue weighted by Gasteiger charge is -2.28. The van der Waals surface area contributed by atoms with E-state index in [0.717, 1.165) is 13.1 Å². The molecule has 0 radical (unpaired) electrons. The zero-order valence-electron chi connectivity index (χ0n) is 8.51. The third-order valence-corrected chi connectivity index (χ3v) is 2.72. The van der Waals surface area contributed by atoms with Crippen molar-refractivity contribution in [3.05, 3.63) is 0 Å². The van der Waals surface area contributed by atoms with E-state index in [-0.39, 0.29) is 5.97 Å². The van der Waals surface area contributed by atoms with E-state index < -0.39 is 0 Å². The van der Waals surface area contributed by atoms with Gasteiger partial charge in [0.1, 0.15) is 0 Å². The number of nitrogens with one attached hydrogen (secondary N) is 1. The first-order valence-electron chi connectivity index (χ1n) is 5.10. The van der Waals surface area contributed by atoms with Gasteiger partial charge in [0.05, 0.1) is 6.61 Å². The van der Waals surface area contributed by atoms with Crippen molar-refractivity contribution in [3.8, 4) is 0 Å². The van der Waals surface area contributed by atoms with Crippen LogP contribution >= 0.6 is 0 Å². The van der Waals surface area contributed by atoms with Crippen molar-refractivity contribution in [1.29, 1.82) is 0 Å². The zero-order chi connectivity index (χ0) is 9.68. The van der Waals surface area contributed by atoms with Crippen molar-refractivity contribution in [2.45, 2.75) is 26.7 Å². The zero-order valence-corrected chi connectivity index (χ0v) is 8.51. The van der Waals surface area contributed by atoms with Gasteiger partial charge in [0.25, 0.3) is 0 Å². The van der Waals surface area contributed by atoms with E-state index in [1.807, 2.05) is 6.92 Å². The molecule has 0 aromatic carbocycles. The average Bonchev–Trinajstić information content (AvgIpc) is 2.09. The van der Waals surface area contributed by atoms with E-state index >= 15 is 0 Å². The summed E-state index contributed by atoms with van der Waals surface area (Å²) < 4.78 is 4.93. The summed E-state index contributed by atoms with van der Waals surface area (Å²) in [6.07, 6.45) is 1.74. The summed E-state index contributed by atoms with van der Waals surface area (Å²) in [6, 6.07) is 0. The van der Waals surface area contributed by atoms with Crippen LogP contribution in [0, 0.1) is 11.8 Å². The monoisotopic (exact) mass is 185 g/mol. The van der Waals surface area contributed by atoms with E-state index in [4.69, 9.17) is 4.74 Å². The summed E-state index contributed by atoms with van der Waals surface area (Å²) in [4.78, 5) is 11.2. The third kappa shape index (κ3) is 3.35. The van der Waals surface area contributed by atoms with Crippen LogP contribution in [-0.2, 0) is 9.53 Å². The smallest absolute Gasteiger partial charge is 0.306 e. The molecule has 1 aliphatic heterocycles. The van der Waals surface area contributed by atoms with Crippen LogP contribution in [0.4, 0.5) is 0 Å². The van der Waals surface area contributed by atoms with E-state index in [1.165, 1.54) is 6.42 Å². The molecule has 1 aliphatic rings. The van der Waals surface area contributed by atoms with Gasteiger partial charge in [0.15, 0.2) is 0 Å². The first-order chi connectivity index (χ1) is 6.24. The van der Waals surface area contributed by atoms with Crippen LogP contribution < -0.4 is 5.32 Å². The second-order valence-electron chi connectivity index (χ2n) is 3.74. The number of ether oxygens (including phenoxy) is 1. The van der Waals surface area contributed by atoms with Crippen molar-refractivity contribution in [1.82, 2.24) is 5.32 Å². The molecule has 76 valence electrons. The Hall–Kier alpha value is -0.570. The van der Waals surface area contributed by atoms with Crippen LogP contribution in [0.25, 0.3) is 0 Å². The van der Waals surface area contributed by atoms with Gasteiger partial charge < -0.3 is 10.1 Å². The highest BCUT2D eigenvalue weighted by Crippen LogP contribution is 2.21. The Bertz CT molecular complexity index is 170. The Kier molecular flexibility index (Phi) is 4.22. The van der Waals surface area contributed by atoms with Crippen molar-refractivity contribution in [2.24, 2.45) is 11.8 Å². The van der Waals surface area contributed by atoms with Crippen LogP contribution in [0.1, 0.15) is 26.7 Å². The molecule has 1 heterocycles. The molecule has 0 aliphatic carbocycles. The molecule has 0 aromatic rings. The van der Waals surface area contributed by atoms with Gasteiger partial charge in [-0.15, -0.1) is 0 Å². The van der Waals surface area contributed by atoms with Crippen molar-refractivity contribution in [2.75, 3.05) is 19.7 Å². The third-order valence-electron chi connectivity index (χ3n) is 2.72. The fraction of sp³-hybridized carbons (Fsp3) is 0.900. The fourth-order valence-corrected chi connectivity index (χ4v) is 1.76. The van der Waals surface area contributed by atoms with Crippen LogP contribution in [0.2, 0.25) is 0 Å². The second-order valence-corrected chi connectivity index (χ2v) is 3.74. The number of carbonyl (C=O) groups is 1. The number of rotatable bonds is 3. The fourth-order valence-electron chi connectivity index (χ4n) is 1.76. The van der Waals surface area contributed by atoms with Crippen LogP contribution in [-0.4, -0.2) is 25.7 Å². The Labute approximate surface area is 79.8 Å². The number of carbonyl (C=O) groups excluding carboxylic acids is 1. The highest BCUT2D eigenvalue weighted by Gasteiger charge is 2.23. The largest absolute Gasteiger partial charge is 0.466 e. The van der Waals surface area contributed by atoms with Crippen LogP contribution in [0.5, 0.6) is 0 Å². The molecule has 2 atom stereocenters. The molecular formula is C10H19NO2. The molecule has 3 nitrogen and oxygen atoms in total. The van der Waals surface area contributed by atoms with Crippen molar-refractivity contribution >= 4 is 5.97 Å². The van der Waals surface area contributed by atoms with E-state index in [1.54, 1.807) is 0 Å². The molecule has 0 bridgehead atoms. The summed E-state index contributed by atoms with van der Waals surface area (Å²) in [6.45, 7) is 6.60. The summed E-state index contributed by atoms with van der Waals surface area (Å²) in [5.74, 6) is 1.06. The summed E-state index contributed by atoms with van der Waals surface area (Å²) in [7, 11) is 0. The molecule has 13 heavy (non-hydrogen) atoms. The molecule has 1 N–H and O–H groups in total. The van der Waals surface area contributed by atoms with Crippen molar-refractivity contribution < 1.29 is 9.53 Å². The average molecular weight is 185 g/mol. The molecule has 0 amide bonds. The molecule has 2 unspecified atom stereocenters. The van der Waals surface area contributed by atoms with Gasteiger partial charge in [-0.2, -0.15) is 0 Å². The topological polar surface area (TPSA) is 38.3 Å². The maximum absolute atomic E-state index is 11.2. The minimum Gasteiger partial charge on any atom is -0.466 e. The van der Waals surface area contributed by atoms with Crippen LogP contribution in [0.3, 0.4) is 0 Å². The standard InChI is InChI=1S/C10H19NO2/c1-3-13-10(12)6-9-7-11-5-4-8(9)2/h8-9,11H,3-7H2,1-2H3. The van der Waals surface area contributed by atoms with E-state index in [2.05, 4.69) is 12.2 Å². The maximum atomic E-state index is 11.2. The molecule has 0 spiro atoms. The van der Waals surface area contributed by atoms with Gasteiger partial charge in [0, 0.05) is 6.42 Å². The maximum Gasteiger partial charge on any atom is 0.306 e. The molecule has 0 aromatic heterocycles. The normalized spacial score (nSPS) is 28.5. The van der Waals surface area contributed by atoms with Gasteiger partial charge in [-0.25, -0.2) is 0 Å². The SMILES string of the molecule is CCOC(=O)CC1CNCCC1C. The Morgan fingerprint density at radius 1 is 1.62 bits per heavy atom. The Balaban J connectivity index is 2.29. The number of hydrogen-bond acceptors (Lipinski definition) is 3. The minimum absolute atomic E-state index is 0.0527. The van der Waals surface area contributed by atoms with Gasteiger partial charge in [-0.1, -0.05) is 6.92 Å². The molecule has 1 fully saturated rings. The first-order valence-corrected chi connectivity index (χ1v) is 5.10. The predicted molar refractivity (Wildman–Crippen MR) is 51.4 cm³/mol. The molecule has 3 heteroatoms. The highest BCUT2D eigenvalue weighted by atomic mass is 16.5. The second kappa shape index (κ2) is 5.22. The summed E-state index contributed by atoms with van der Waals surface area (Å²) in [5.41, 5.74) is 0. The van der Waals surface area contributed by atoms with Crippen LogP contribution in [0.15, 0.2) is 0 Å². The van der Waals surface area contributed by atoms with Gasteiger partial charge >= 0.3 is 5.97 Å². The number of piperidine rings is 1. The summed E-state index contributed by atoms with van der Waals surface area (Å²) >= 11 is 0. The lowest BCUT2D eigenvalue weighted by Crippen LogP contribution is -2.36. The lowest BCUT2D eigenvalue weighted by molar-refractivity contribution is -0.144. The van der Waals surface area contributed by atoms with Gasteiger partial charge in [-0.05, 0) is 38.3 Å². The van der Waals surface area contributed by atoms with Crippen molar-refractivity contribution in [3.63, 3.8) is 0 Å². The predicted octanol–water partition coefficient (Wildman–Crippen LogP) is 1.19. The Morgan fingerprint density at radius 2 is 2.38 bits per heavy atom. The molecule has 1 rings (SSSR count). The van der Waals surface area contributed by atoms with E-state index in [9.17, 15) is 4.79 Å². The molecule has 1 saturated heterocycles.